The van der Waals surface area contributed by atoms with Gasteiger partial charge < -0.3 is 14.3 Å². The van der Waals surface area contributed by atoms with Crippen molar-refractivity contribution in [3.05, 3.63) is 35.9 Å². The van der Waals surface area contributed by atoms with E-state index in [0.29, 0.717) is 19.3 Å². The second-order valence-corrected chi connectivity index (χ2v) is 8.81. The lowest BCUT2D eigenvalue weighted by atomic mass is 10.1. The van der Waals surface area contributed by atoms with Crippen LogP contribution in [0.25, 0.3) is 0 Å². The minimum Gasteiger partial charge on any atom is -0.370 e. The molecule has 0 spiro atoms. The Morgan fingerprint density at radius 3 is 2.36 bits per heavy atom. The first-order valence-corrected chi connectivity index (χ1v) is 10.9. The number of carbonyl (C=O) groups is 1. The third kappa shape index (κ3) is 10.5. The molecule has 0 radical (unpaired) electrons. The molecule has 0 aliphatic heterocycles. The van der Waals surface area contributed by atoms with Gasteiger partial charge in [0.15, 0.2) is 0 Å². The van der Waals surface area contributed by atoms with Gasteiger partial charge in [-0.2, -0.15) is 4.31 Å². The molecule has 0 aromatic heterocycles. The fraction of sp³-hybridized carbons (Fsp3) is 0.533. The highest BCUT2D eigenvalue weighted by Crippen LogP contribution is 2.61. The summed E-state index contributed by atoms with van der Waals surface area (Å²) in [5.74, 6) is -0.706. The molecule has 0 bridgehead atoms. The number of benzene rings is 1. The quantitative estimate of drug-likeness (QED) is 0.544. The minimum atomic E-state index is -5.15. The van der Waals surface area contributed by atoms with Gasteiger partial charge in [0.2, 0.25) is 0 Å². The zero-order valence-corrected chi connectivity index (χ0v) is 16.0. The first-order chi connectivity index (χ1) is 11.6. The maximum Gasteiger partial charge on any atom is 0.541 e. The van der Waals surface area contributed by atoms with E-state index < -0.39 is 21.6 Å². The van der Waals surface area contributed by atoms with Crippen molar-refractivity contribution in [3.63, 3.8) is 0 Å². The average Bonchev–Trinajstić information content (AvgIpc) is 2.45. The number of phosphoric acid groups is 2. The van der Waals surface area contributed by atoms with E-state index in [-0.39, 0.29) is 18.9 Å². The molecule has 10 heteroatoms. The van der Waals surface area contributed by atoms with Crippen LogP contribution in [0.3, 0.4) is 0 Å². The molecule has 8 nitrogen and oxygen atoms in total. The fourth-order valence-corrected chi connectivity index (χ4v) is 3.94. The molecular formula is C15H24O8P2. The Bertz CT molecular complexity index is 626. The van der Waals surface area contributed by atoms with Crippen LogP contribution in [0.5, 0.6) is 0 Å². The van der Waals surface area contributed by atoms with E-state index in [1.165, 1.54) is 0 Å². The Labute approximate surface area is 147 Å². The lowest BCUT2D eigenvalue weighted by Gasteiger charge is -2.18. The van der Waals surface area contributed by atoms with Gasteiger partial charge >= 0.3 is 21.6 Å². The Morgan fingerprint density at radius 1 is 1.16 bits per heavy atom. The van der Waals surface area contributed by atoms with Crippen molar-refractivity contribution >= 4 is 21.6 Å². The van der Waals surface area contributed by atoms with Gasteiger partial charge in [0, 0.05) is 6.42 Å². The Morgan fingerprint density at radius 2 is 1.80 bits per heavy atom. The summed E-state index contributed by atoms with van der Waals surface area (Å²) in [6.07, 6.45) is 1.40. The van der Waals surface area contributed by atoms with E-state index in [9.17, 15) is 13.9 Å². The smallest absolute Gasteiger partial charge is 0.370 e. The van der Waals surface area contributed by atoms with E-state index >= 15 is 0 Å². The predicted octanol–water partition coefficient (Wildman–Crippen LogP) is 3.83. The molecule has 0 aliphatic rings. The van der Waals surface area contributed by atoms with Gasteiger partial charge in [-0.15, -0.1) is 0 Å². The molecule has 25 heavy (non-hydrogen) atoms. The molecule has 1 atom stereocenters. The Hall–Kier alpha value is -1.01. The van der Waals surface area contributed by atoms with Crippen molar-refractivity contribution in [2.24, 2.45) is 5.92 Å². The summed E-state index contributed by atoms with van der Waals surface area (Å²) < 4.78 is 36.8. The largest absolute Gasteiger partial charge is 0.541 e. The SMILES string of the molecule is CC(C)CCOP(=O)(OC(=O)CCCc1ccccc1)OP(=O)(O)O. The molecule has 0 fully saturated rings. The normalized spacial score (nSPS) is 14.3. The molecule has 2 N–H and O–H groups in total. The lowest BCUT2D eigenvalue weighted by Crippen LogP contribution is -2.08. The van der Waals surface area contributed by atoms with Gasteiger partial charge in [0.05, 0.1) is 6.61 Å². The first kappa shape index (κ1) is 22.0. The molecule has 142 valence electrons. The highest BCUT2D eigenvalue weighted by atomic mass is 31.3. The average molecular weight is 394 g/mol. The molecule has 0 amide bonds. The van der Waals surface area contributed by atoms with Gasteiger partial charge in [0.1, 0.15) is 0 Å². The molecule has 0 saturated carbocycles. The number of aryl methyl sites for hydroxylation is 1. The van der Waals surface area contributed by atoms with Gasteiger partial charge in [-0.05, 0) is 30.7 Å². The van der Waals surface area contributed by atoms with Gasteiger partial charge in [-0.3, -0.25) is 9.32 Å². The standard InChI is InChI=1S/C15H24O8P2/c1-13(2)11-12-21-25(20,23-24(17,18)19)22-15(16)10-6-9-14-7-4-3-5-8-14/h3-5,7-8,13H,6,9-12H2,1-2H3,(H2,17,18,19). The van der Waals surface area contributed by atoms with Crippen molar-refractivity contribution in [1.82, 2.24) is 0 Å². The van der Waals surface area contributed by atoms with E-state index in [0.717, 1.165) is 5.56 Å². The van der Waals surface area contributed by atoms with Crippen LogP contribution in [0.4, 0.5) is 0 Å². The summed E-state index contributed by atoms with van der Waals surface area (Å²) in [5.41, 5.74) is 1.03. The van der Waals surface area contributed by atoms with E-state index in [1.807, 2.05) is 44.2 Å². The Kier molecular flexibility index (Phi) is 9.00. The molecule has 1 unspecified atom stereocenters. The lowest BCUT2D eigenvalue weighted by molar-refractivity contribution is -0.136. The summed E-state index contributed by atoms with van der Waals surface area (Å²) >= 11 is 0. The zero-order chi connectivity index (χ0) is 18.9. The maximum absolute atomic E-state index is 12.3. The van der Waals surface area contributed by atoms with Crippen molar-refractivity contribution < 1.29 is 37.1 Å². The first-order valence-electron chi connectivity index (χ1n) is 7.87. The maximum atomic E-state index is 12.3. The summed E-state index contributed by atoms with van der Waals surface area (Å²) in [6.45, 7) is 3.65. The van der Waals surface area contributed by atoms with Crippen molar-refractivity contribution in [2.75, 3.05) is 6.61 Å². The van der Waals surface area contributed by atoms with Crippen LogP contribution < -0.4 is 0 Å². The van der Waals surface area contributed by atoms with Gasteiger partial charge in [-0.25, -0.2) is 9.13 Å². The van der Waals surface area contributed by atoms with E-state index in [1.54, 1.807) is 0 Å². The molecule has 0 heterocycles. The van der Waals surface area contributed by atoms with E-state index in [2.05, 4.69) is 8.83 Å². The molecule has 1 aromatic rings. The number of hydrogen-bond acceptors (Lipinski definition) is 6. The molecule has 1 rings (SSSR count). The third-order valence-corrected chi connectivity index (χ3v) is 5.63. The fourth-order valence-electron chi connectivity index (χ4n) is 1.85. The van der Waals surface area contributed by atoms with Crippen molar-refractivity contribution in [2.45, 2.75) is 39.5 Å². The van der Waals surface area contributed by atoms with Crippen LogP contribution in [0.2, 0.25) is 0 Å². The summed E-state index contributed by atoms with van der Waals surface area (Å²) in [4.78, 5) is 29.5. The molecular weight excluding hydrogens is 370 g/mol. The molecule has 0 saturated heterocycles. The van der Waals surface area contributed by atoms with Crippen molar-refractivity contribution in [1.29, 1.82) is 0 Å². The van der Waals surface area contributed by atoms with Crippen LogP contribution in [0.1, 0.15) is 38.7 Å². The predicted molar refractivity (Wildman–Crippen MR) is 91.6 cm³/mol. The van der Waals surface area contributed by atoms with Crippen LogP contribution in [-0.4, -0.2) is 22.4 Å². The summed E-state index contributed by atoms with van der Waals surface area (Å²) in [7, 11) is -9.82. The third-order valence-electron chi connectivity index (χ3n) is 3.05. The minimum absolute atomic E-state index is 0.0864. The molecule has 1 aromatic carbocycles. The number of phosphoric ester groups is 1. The monoisotopic (exact) mass is 394 g/mol. The van der Waals surface area contributed by atoms with Crippen LogP contribution >= 0.6 is 15.6 Å². The highest BCUT2D eigenvalue weighted by molar-refractivity contribution is 7.61. The van der Waals surface area contributed by atoms with Crippen LogP contribution in [0, 0.1) is 5.92 Å². The van der Waals surface area contributed by atoms with Gasteiger partial charge in [0.25, 0.3) is 0 Å². The second kappa shape index (κ2) is 10.2. The zero-order valence-electron chi connectivity index (χ0n) is 14.2. The number of carbonyl (C=O) groups excluding carboxylic acids is 1. The second-order valence-electron chi connectivity index (χ2n) is 5.84. The summed E-state index contributed by atoms with van der Waals surface area (Å²) in [5, 5.41) is 0. The van der Waals surface area contributed by atoms with Crippen molar-refractivity contribution in [3.8, 4) is 0 Å². The van der Waals surface area contributed by atoms with Crippen LogP contribution in [0.15, 0.2) is 30.3 Å². The van der Waals surface area contributed by atoms with E-state index in [4.69, 9.17) is 14.3 Å². The molecule has 0 aliphatic carbocycles. The topological polar surface area (TPSA) is 119 Å². The van der Waals surface area contributed by atoms with Gasteiger partial charge in [-0.1, -0.05) is 44.2 Å². The van der Waals surface area contributed by atoms with Crippen LogP contribution in [-0.2, 0) is 33.7 Å². The number of rotatable bonds is 11. The number of hydrogen-bond donors (Lipinski definition) is 2. The highest BCUT2D eigenvalue weighted by Gasteiger charge is 2.39. The summed E-state index contributed by atoms with van der Waals surface area (Å²) in [6, 6.07) is 9.43. The Balaban J connectivity index is 2.55.